The summed E-state index contributed by atoms with van der Waals surface area (Å²) in [7, 11) is 3.28. The van der Waals surface area contributed by atoms with E-state index in [1.165, 1.54) is 0 Å². The summed E-state index contributed by atoms with van der Waals surface area (Å²) in [5.74, 6) is 2.35. The summed E-state index contributed by atoms with van der Waals surface area (Å²) in [5, 5.41) is 20.9. The van der Waals surface area contributed by atoms with Gasteiger partial charge in [-0.3, -0.25) is 4.79 Å². The number of nitrogens with one attached hydrogen (secondary N) is 1. The first-order chi connectivity index (χ1) is 13.5. The number of hydrogen-bond acceptors (Lipinski definition) is 6. The van der Waals surface area contributed by atoms with Crippen LogP contribution in [-0.4, -0.2) is 52.6 Å². The number of methoxy groups -OCH3 is 2. The zero-order chi connectivity index (χ0) is 20.3. The Balaban J connectivity index is 1.62. The van der Waals surface area contributed by atoms with Crippen LogP contribution in [0.4, 0.5) is 0 Å². The number of carbonyl (C=O) groups excluding carboxylic acids is 1. The molecule has 0 unspecified atom stereocenters. The Morgan fingerprint density at radius 1 is 1.25 bits per heavy atom. The summed E-state index contributed by atoms with van der Waals surface area (Å²) >= 11 is 0. The van der Waals surface area contributed by atoms with Gasteiger partial charge in [0.15, 0.2) is 5.82 Å². The topological polar surface area (TPSA) is 98.5 Å². The van der Waals surface area contributed by atoms with E-state index < -0.39 is 0 Å². The number of aliphatic hydroxyl groups excluding tert-OH is 1. The highest BCUT2D eigenvalue weighted by Crippen LogP contribution is 2.36. The molecule has 1 aliphatic carbocycles. The fraction of sp³-hybridized carbons (Fsp3) is 0.550. The van der Waals surface area contributed by atoms with E-state index in [-0.39, 0.29) is 24.5 Å². The van der Waals surface area contributed by atoms with Crippen molar-refractivity contribution in [1.29, 1.82) is 0 Å². The first-order valence-electron chi connectivity index (χ1n) is 9.46. The van der Waals surface area contributed by atoms with Crippen molar-refractivity contribution in [2.45, 2.75) is 51.8 Å². The van der Waals surface area contributed by atoms with E-state index in [2.05, 4.69) is 15.5 Å². The fourth-order valence-electron chi connectivity index (χ4n) is 3.81. The molecule has 3 rings (SSSR count). The van der Waals surface area contributed by atoms with Crippen molar-refractivity contribution in [3.8, 4) is 5.75 Å². The predicted molar refractivity (Wildman–Crippen MR) is 104 cm³/mol. The minimum atomic E-state index is -0.153. The zero-order valence-electron chi connectivity index (χ0n) is 16.9. The van der Waals surface area contributed by atoms with Crippen molar-refractivity contribution >= 4 is 5.91 Å². The highest BCUT2D eigenvalue weighted by atomic mass is 16.5. The largest absolute Gasteiger partial charge is 0.496 e. The summed E-state index contributed by atoms with van der Waals surface area (Å²) in [4.78, 5) is 12.6. The second kappa shape index (κ2) is 8.70. The molecule has 1 aromatic carbocycles. The number of nitrogens with zero attached hydrogens (tertiary/aromatic N) is 3. The average Bonchev–Trinajstić information content (AvgIpc) is 3.04. The molecule has 1 fully saturated rings. The predicted octanol–water partition coefficient (Wildman–Crippen LogP) is 1.72. The Morgan fingerprint density at radius 2 is 1.93 bits per heavy atom. The summed E-state index contributed by atoms with van der Waals surface area (Å²) in [6.07, 6.45) is 1.60. The lowest BCUT2D eigenvalue weighted by atomic mass is 9.79. The second-order valence-electron chi connectivity index (χ2n) is 7.26. The van der Waals surface area contributed by atoms with Gasteiger partial charge in [-0.15, -0.1) is 10.2 Å². The molecule has 0 spiro atoms. The molecule has 152 valence electrons. The van der Waals surface area contributed by atoms with Crippen molar-refractivity contribution in [1.82, 2.24) is 20.1 Å². The molecule has 1 amide bonds. The monoisotopic (exact) mass is 388 g/mol. The molecular formula is C20H28N4O4. The third-order valence-electron chi connectivity index (χ3n) is 5.28. The summed E-state index contributed by atoms with van der Waals surface area (Å²) in [6.45, 7) is 4.86. The lowest BCUT2D eigenvalue weighted by Crippen LogP contribution is -2.44. The minimum absolute atomic E-state index is 0.0748. The van der Waals surface area contributed by atoms with E-state index in [9.17, 15) is 9.90 Å². The van der Waals surface area contributed by atoms with Gasteiger partial charge in [0.25, 0.3) is 5.91 Å². The average molecular weight is 388 g/mol. The summed E-state index contributed by atoms with van der Waals surface area (Å²) in [5.41, 5.74) is 2.54. The van der Waals surface area contributed by atoms with Crippen LogP contribution < -0.4 is 10.1 Å². The van der Waals surface area contributed by atoms with Crippen molar-refractivity contribution in [2.24, 2.45) is 0 Å². The highest BCUT2D eigenvalue weighted by Gasteiger charge is 2.35. The van der Waals surface area contributed by atoms with E-state index in [0.717, 1.165) is 35.5 Å². The van der Waals surface area contributed by atoms with E-state index in [4.69, 9.17) is 9.47 Å². The van der Waals surface area contributed by atoms with Gasteiger partial charge in [-0.25, -0.2) is 0 Å². The molecule has 2 aromatic rings. The number of hydrogen-bond donors (Lipinski definition) is 2. The van der Waals surface area contributed by atoms with Gasteiger partial charge in [0.1, 0.15) is 18.2 Å². The van der Waals surface area contributed by atoms with Crippen LogP contribution in [-0.2, 0) is 17.9 Å². The molecule has 0 radical (unpaired) electrons. The normalized spacial score (nSPS) is 18.6. The Hall–Kier alpha value is -2.45. The van der Waals surface area contributed by atoms with Gasteiger partial charge < -0.3 is 24.5 Å². The standard InChI is InChI=1S/C20H28N4O4/c1-12-7-15(8-13(2)18(12)28-4)20(26)21-16-9-14(10-16)19-23-22-17(11-25)24(19)5-6-27-3/h7-8,14,16,25H,5-6,9-11H2,1-4H3,(H,21,26). The van der Waals surface area contributed by atoms with E-state index >= 15 is 0 Å². The first kappa shape index (κ1) is 20.3. The van der Waals surface area contributed by atoms with Crippen LogP contribution >= 0.6 is 0 Å². The van der Waals surface area contributed by atoms with Crippen LogP contribution in [0.3, 0.4) is 0 Å². The maximum absolute atomic E-state index is 12.6. The van der Waals surface area contributed by atoms with Crippen molar-refractivity contribution in [3.05, 3.63) is 40.5 Å². The van der Waals surface area contributed by atoms with Crippen LogP contribution in [0.15, 0.2) is 12.1 Å². The van der Waals surface area contributed by atoms with E-state index in [0.29, 0.717) is 24.5 Å². The molecule has 0 saturated heterocycles. The fourth-order valence-corrected chi connectivity index (χ4v) is 3.81. The van der Waals surface area contributed by atoms with Gasteiger partial charge in [0.05, 0.1) is 13.7 Å². The van der Waals surface area contributed by atoms with Crippen molar-refractivity contribution in [3.63, 3.8) is 0 Å². The summed E-state index contributed by atoms with van der Waals surface area (Å²) < 4.78 is 12.4. The quantitative estimate of drug-likeness (QED) is 0.714. The highest BCUT2D eigenvalue weighted by molar-refractivity contribution is 5.95. The molecule has 0 aliphatic heterocycles. The third-order valence-corrected chi connectivity index (χ3v) is 5.28. The van der Waals surface area contributed by atoms with Gasteiger partial charge in [0, 0.05) is 31.2 Å². The van der Waals surface area contributed by atoms with Gasteiger partial charge in [-0.05, 0) is 49.9 Å². The van der Waals surface area contributed by atoms with Gasteiger partial charge in [0.2, 0.25) is 0 Å². The van der Waals surface area contributed by atoms with E-state index in [1.54, 1.807) is 14.2 Å². The molecule has 1 aliphatic rings. The molecule has 8 nitrogen and oxygen atoms in total. The third kappa shape index (κ3) is 4.02. The SMILES string of the molecule is COCCn1c(CO)nnc1C1CC(NC(=O)c2cc(C)c(OC)c(C)c2)C1. The number of carbonyl (C=O) groups is 1. The number of benzene rings is 1. The molecule has 0 bridgehead atoms. The number of ether oxygens (including phenoxy) is 2. The molecule has 1 saturated carbocycles. The Morgan fingerprint density at radius 3 is 2.50 bits per heavy atom. The smallest absolute Gasteiger partial charge is 0.251 e. The van der Waals surface area contributed by atoms with Crippen molar-refractivity contribution in [2.75, 3.05) is 20.8 Å². The van der Waals surface area contributed by atoms with Crippen LogP contribution in [0.2, 0.25) is 0 Å². The lowest BCUT2D eigenvalue weighted by Gasteiger charge is -2.35. The number of aryl methyl sites for hydroxylation is 2. The van der Waals surface area contributed by atoms with Gasteiger partial charge in [-0.2, -0.15) is 0 Å². The van der Waals surface area contributed by atoms with Gasteiger partial charge in [-0.1, -0.05) is 0 Å². The maximum Gasteiger partial charge on any atom is 0.251 e. The van der Waals surface area contributed by atoms with Crippen LogP contribution in [0.1, 0.15) is 51.9 Å². The Bertz CT molecular complexity index is 820. The van der Waals surface area contributed by atoms with Crippen LogP contribution in [0.25, 0.3) is 0 Å². The Labute approximate surface area is 164 Å². The van der Waals surface area contributed by atoms with Crippen LogP contribution in [0, 0.1) is 13.8 Å². The summed E-state index contributed by atoms with van der Waals surface area (Å²) in [6, 6.07) is 3.81. The van der Waals surface area contributed by atoms with E-state index in [1.807, 2.05) is 30.5 Å². The Kier molecular flexibility index (Phi) is 6.31. The minimum Gasteiger partial charge on any atom is -0.496 e. The number of aromatic nitrogens is 3. The van der Waals surface area contributed by atoms with Crippen LogP contribution in [0.5, 0.6) is 5.75 Å². The number of amides is 1. The molecular weight excluding hydrogens is 360 g/mol. The van der Waals surface area contributed by atoms with Crippen molar-refractivity contribution < 1.29 is 19.4 Å². The van der Waals surface area contributed by atoms with Gasteiger partial charge >= 0.3 is 0 Å². The first-order valence-corrected chi connectivity index (χ1v) is 9.46. The zero-order valence-corrected chi connectivity index (χ0v) is 16.9. The molecule has 1 aromatic heterocycles. The molecule has 2 N–H and O–H groups in total. The lowest BCUT2D eigenvalue weighted by molar-refractivity contribution is 0.0906. The molecule has 8 heteroatoms. The molecule has 0 atom stereocenters. The maximum atomic E-state index is 12.6. The number of rotatable bonds is 8. The molecule has 1 heterocycles. The molecule has 28 heavy (non-hydrogen) atoms. The number of aliphatic hydroxyl groups is 1. The second-order valence-corrected chi connectivity index (χ2v) is 7.26.